The molecule has 0 aliphatic carbocycles. The average Bonchev–Trinajstić information content (AvgIpc) is 3.12. The maximum Gasteiger partial charge on any atom is 0.0698 e. The van der Waals surface area contributed by atoms with E-state index in [1.807, 2.05) is 0 Å². The highest BCUT2D eigenvalue weighted by Gasteiger charge is 2.25. The van der Waals surface area contributed by atoms with Gasteiger partial charge >= 0.3 is 0 Å². The summed E-state index contributed by atoms with van der Waals surface area (Å²) < 4.78 is 2.45. The zero-order chi connectivity index (χ0) is 17.2. The molecule has 2 aliphatic heterocycles. The lowest BCUT2D eigenvalue weighted by atomic mass is 10.1. The van der Waals surface area contributed by atoms with Crippen molar-refractivity contribution in [2.75, 3.05) is 45.3 Å². The summed E-state index contributed by atoms with van der Waals surface area (Å²) in [5, 5.41) is 3.99. The number of aromatic nitrogens is 1. The lowest BCUT2D eigenvalue weighted by Crippen LogP contribution is -2.34. The summed E-state index contributed by atoms with van der Waals surface area (Å²) in [5.41, 5.74) is 2.86. The minimum Gasteiger partial charge on any atom is -0.313 e. The van der Waals surface area contributed by atoms with Crippen LogP contribution >= 0.6 is 0 Å². The Morgan fingerprint density at radius 1 is 1.00 bits per heavy atom. The molecule has 0 saturated carbocycles. The third-order valence-electron chi connectivity index (χ3n) is 6.03. The number of fused-ring (bicyclic) bond motifs is 1. The minimum atomic E-state index is 0.707. The molecule has 136 valence electrons. The molecule has 1 unspecified atom stereocenters. The fraction of sp³-hybridized carbons (Fsp3) is 0.619. The van der Waals surface area contributed by atoms with E-state index in [4.69, 9.17) is 0 Å². The van der Waals surface area contributed by atoms with E-state index in [0.29, 0.717) is 6.04 Å². The van der Waals surface area contributed by atoms with Crippen LogP contribution < -0.4 is 5.01 Å². The number of nitrogens with zero attached hydrogens (tertiary/aromatic N) is 4. The van der Waals surface area contributed by atoms with Gasteiger partial charge in [0, 0.05) is 50.3 Å². The molecule has 4 heteroatoms. The number of hydrogen-bond donors (Lipinski definition) is 0. The Hall–Kier alpha value is -1.52. The van der Waals surface area contributed by atoms with Crippen LogP contribution in [0.25, 0.3) is 10.9 Å². The Bertz CT molecular complexity index is 697. The molecule has 0 N–H and O–H groups in total. The lowest BCUT2D eigenvalue weighted by Gasteiger charge is -2.25. The molecule has 0 bridgehead atoms. The predicted molar refractivity (Wildman–Crippen MR) is 106 cm³/mol. The van der Waals surface area contributed by atoms with Gasteiger partial charge < -0.3 is 9.91 Å². The summed E-state index contributed by atoms with van der Waals surface area (Å²) in [6.07, 6.45) is 9.10. The average molecular weight is 341 g/mol. The van der Waals surface area contributed by atoms with Crippen molar-refractivity contribution in [3.8, 4) is 0 Å². The maximum absolute atomic E-state index is 2.62. The van der Waals surface area contributed by atoms with Crippen molar-refractivity contribution in [1.82, 2.24) is 14.5 Å². The fourth-order valence-corrected chi connectivity index (χ4v) is 4.48. The van der Waals surface area contributed by atoms with Gasteiger partial charge in [0.15, 0.2) is 0 Å². The molecule has 1 aromatic carbocycles. The molecule has 0 spiro atoms. The Kier molecular flexibility index (Phi) is 5.00. The summed E-state index contributed by atoms with van der Waals surface area (Å²) in [5.74, 6) is 0. The Balaban J connectivity index is 1.59. The van der Waals surface area contributed by atoms with Gasteiger partial charge in [-0.05, 0) is 45.0 Å². The second-order valence-corrected chi connectivity index (χ2v) is 8.03. The highest BCUT2D eigenvalue weighted by Crippen LogP contribution is 2.26. The Labute approximate surface area is 152 Å². The molecule has 2 saturated heterocycles. The quantitative estimate of drug-likeness (QED) is 0.849. The minimum absolute atomic E-state index is 0.707. The number of likely N-dealkylation sites (tertiary alicyclic amines) is 1. The van der Waals surface area contributed by atoms with Gasteiger partial charge in [0.2, 0.25) is 0 Å². The van der Waals surface area contributed by atoms with Crippen LogP contribution in [-0.4, -0.2) is 60.8 Å². The van der Waals surface area contributed by atoms with E-state index in [2.05, 4.69) is 64.0 Å². The number of likely N-dealkylation sites (N-methyl/N-ethyl adjacent to an activating group) is 1. The maximum atomic E-state index is 2.62. The van der Waals surface area contributed by atoms with Gasteiger partial charge in [-0.2, -0.15) is 0 Å². The van der Waals surface area contributed by atoms with Gasteiger partial charge in [-0.3, -0.25) is 9.58 Å². The van der Waals surface area contributed by atoms with Gasteiger partial charge in [-0.15, -0.1) is 0 Å². The molecule has 0 amide bonds. The highest BCUT2D eigenvalue weighted by molar-refractivity contribution is 5.84. The van der Waals surface area contributed by atoms with Crippen LogP contribution in [-0.2, 0) is 6.54 Å². The standard InChI is InChI=1S/C21H32N4/c1-22(2)19-11-14-23(17-19)15-18-16-25(21-10-6-5-9-20(18)21)24-12-7-3-4-8-13-24/h5-6,9-10,16,19H,3-4,7-8,11-15,17H2,1-2H3. The lowest BCUT2D eigenvalue weighted by molar-refractivity contribution is 0.265. The van der Waals surface area contributed by atoms with E-state index in [1.165, 1.54) is 74.7 Å². The molecule has 1 atom stereocenters. The third-order valence-corrected chi connectivity index (χ3v) is 6.03. The highest BCUT2D eigenvalue weighted by atomic mass is 15.5. The first-order valence-corrected chi connectivity index (χ1v) is 9.95. The van der Waals surface area contributed by atoms with Crippen LogP contribution in [0.5, 0.6) is 0 Å². The zero-order valence-electron chi connectivity index (χ0n) is 15.8. The van der Waals surface area contributed by atoms with Gasteiger partial charge in [-0.1, -0.05) is 31.0 Å². The second-order valence-electron chi connectivity index (χ2n) is 8.03. The fourth-order valence-electron chi connectivity index (χ4n) is 4.48. The Morgan fingerprint density at radius 3 is 2.48 bits per heavy atom. The van der Waals surface area contributed by atoms with Crippen molar-refractivity contribution in [3.05, 3.63) is 36.0 Å². The van der Waals surface area contributed by atoms with E-state index in [-0.39, 0.29) is 0 Å². The number of hydrogen-bond acceptors (Lipinski definition) is 3. The van der Waals surface area contributed by atoms with Crippen LogP contribution in [0.3, 0.4) is 0 Å². The zero-order valence-corrected chi connectivity index (χ0v) is 15.8. The van der Waals surface area contributed by atoms with E-state index in [1.54, 1.807) is 0 Å². The topological polar surface area (TPSA) is 14.7 Å². The first-order chi connectivity index (χ1) is 12.2. The summed E-state index contributed by atoms with van der Waals surface area (Å²) in [7, 11) is 4.42. The SMILES string of the molecule is CN(C)C1CCN(Cc2cn(N3CCCCCC3)c3ccccc23)C1. The molecular weight excluding hydrogens is 308 g/mol. The molecule has 2 fully saturated rings. The molecule has 2 aromatic rings. The van der Waals surface area contributed by atoms with Crippen molar-refractivity contribution in [2.24, 2.45) is 0 Å². The van der Waals surface area contributed by atoms with Crippen LogP contribution in [0, 0.1) is 0 Å². The normalized spacial score (nSPS) is 22.8. The molecule has 4 nitrogen and oxygen atoms in total. The van der Waals surface area contributed by atoms with Crippen molar-refractivity contribution in [2.45, 2.75) is 44.7 Å². The summed E-state index contributed by atoms with van der Waals surface area (Å²) in [6.45, 7) is 5.85. The van der Waals surface area contributed by atoms with Gasteiger partial charge in [0.05, 0.1) is 5.52 Å². The molecule has 0 radical (unpaired) electrons. The number of para-hydroxylation sites is 1. The van der Waals surface area contributed by atoms with E-state index in [9.17, 15) is 0 Å². The molecule has 1 aromatic heterocycles. The third kappa shape index (κ3) is 3.56. The smallest absolute Gasteiger partial charge is 0.0698 e. The second kappa shape index (κ2) is 7.38. The van der Waals surface area contributed by atoms with Gasteiger partial charge in [0.25, 0.3) is 0 Å². The van der Waals surface area contributed by atoms with Crippen LogP contribution in [0.4, 0.5) is 0 Å². The van der Waals surface area contributed by atoms with E-state index < -0.39 is 0 Å². The summed E-state index contributed by atoms with van der Waals surface area (Å²) in [4.78, 5) is 5.00. The van der Waals surface area contributed by atoms with Crippen molar-refractivity contribution in [3.63, 3.8) is 0 Å². The van der Waals surface area contributed by atoms with Crippen LogP contribution in [0.2, 0.25) is 0 Å². The van der Waals surface area contributed by atoms with Crippen LogP contribution in [0.1, 0.15) is 37.7 Å². The largest absolute Gasteiger partial charge is 0.313 e. The molecular formula is C21H32N4. The van der Waals surface area contributed by atoms with Crippen LogP contribution in [0.15, 0.2) is 30.5 Å². The first kappa shape index (κ1) is 16.9. The van der Waals surface area contributed by atoms with Crippen molar-refractivity contribution in [1.29, 1.82) is 0 Å². The van der Waals surface area contributed by atoms with Gasteiger partial charge in [-0.25, -0.2) is 0 Å². The monoisotopic (exact) mass is 340 g/mol. The molecule has 2 aliphatic rings. The summed E-state index contributed by atoms with van der Waals surface area (Å²) >= 11 is 0. The number of rotatable bonds is 4. The molecule has 25 heavy (non-hydrogen) atoms. The van der Waals surface area contributed by atoms with Crippen molar-refractivity contribution < 1.29 is 0 Å². The van der Waals surface area contributed by atoms with E-state index >= 15 is 0 Å². The molecule has 4 rings (SSSR count). The van der Waals surface area contributed by atoms with Gasteiger partial charge in [0.1, 0.15) is 0 Å². The van der Waals surface area contributed by atoms with E-state index in [0.717, 1.165) is 6.54 Å². The predicted octanol–water partition coefficient (Wildman–Crippen LogP) is 3.29. The molecule has 3 heterocycles. The number of benzene rings is 1. The first-order valence-electron chi connectivity index (χ1n) is 9.95. The summed E-state index contributed by atoms with van der Waals surface area (Å²) in [6, 6.07) is 9.66. The van der Waals surface area contributed by atoms with Crippen molar-refractivity contribution >= 4 is 10.9 Å². The Morgan fingerprint density at radius 2 is 1.76 bits per heavy atom.